The predicted octanol–water partition coefficient (Wildman–Crippen LogP) is 2.47. The van der Waals surface area contributed by atoms with Crippen molar-refractivity contribution < 1.29 is 13.6 Å². The summed E-state index contributed by atoms with van der Waals surface area (Å²) in [5, 5.41) is 2.56. The molecule has 1 aromatic rings. The number of amides is 1. The number of carbonyl (C=O) groups excluding carboxylic acids is 1. The Morgan fingerprint density at radius 2 is 2.00 bits per heavy atom. The fraction of sp³-hybridized carbons (Fsp3) is 0.417. The molecule has 94 valence electrons. The first-order valence-corrected chi connectivity index (χ1v) is 5.59. The maximum atomic E-state index is 13.3. The van der Waals surface area contributed by atoms with Gasteiger partial charge in [-0.1, -0.05) is 19.8 Å². The van der Waals surface area contributed by atoms with Crippen molar-refractivity contribution in [3.63, 3.8) is 0 Å². The third kappa shape index (κ3) is 3.69. The molecule has 5 heteroatoms. The van der Waals surface area contributed by atoms with Gasteiger partial charge in [-0.05, 0) is 12.5 Å². The van der Waals surface area contributed by atoms with Crippen molar-refractivity contribution in [2.75, 3.05) is 12.3 Å². The minimum Gasteiger partial charge on any atom is -0.396 e. The Kier molecular flexibility index (Phi) is 4.87. The zero-order valence-corrected chi connectivity index (χ0v) is 9.72. The molecule has 0 aliphatic heterocycles. The molecule has 0 spiro atoms. The van der Waals surface area contributed by atoms with Crippen molar-refractivity contribution in [2.24, 2.45) is 0 Å². The van der Waals surface area contributed by atoms with Gasteiger partial charge in [0.05, 0.1) is 11.3 Å². The van der Waals surface area contributed by atoms with Crippen molar-refractivity contribution in [2.45, 2.75) is 26.2 Å². The molecular formula is C12H16F2N2O. The third-order valence-electron chi connectivity index (χ3n) is 2.40. The van der Waals surface area contributed by atoms with E-state index < -0.39 is 17.5 Å². The van der Waals surface area contributed by atoms with Crippen LogP contribution in [0.15, 0.2) is 12.1 Å². The fourth-order valence-corrected chi connectivity index (χ4v) is 1.41. The minimum absolute atomic E-state index is 0.222. The van der Waals surface area contributed by atoms with Crippen LogP contribution in [0, 0.1) is 11.6 Å². The van der Waals surface area contributed by atoms with Gasteiger partial charge in [0.1, 0.15) is 11.6 Å². The van der Waals surface area contributed by atoms with Crippen molar-refractivity contribution in [3.05, 3.63) is 29.3 Å². The molecule has 0 radical (unpaired) electrons. The standard InChI is InChI=1S/C12H16F2N2O/c1-2-3-4-5-16-12(17)8-6-11(15)10(14)7-9(8)13/h6-7H,2-5,15H2,1H3,(H,16,17). The van der Waals surface area contributed by atoms with Crippen molar-refractivity contribution in [1.29, 1.82) is 0 Å². The van der Waals surface area contributed by atoms with Crippen LogP contribution in [-0.4, -0.2) is 12.5 Å². The second-order valence-electron chi connectivity index (χ2n) is 3.82. The molecule has 1 rings (SSSR count). The maximum Gasteiger partial charge on any atom is 0.254 e. The van der Waals surface area contributed by atoms with E-state index in [0.717, 1.165) is 25.3 Å². The number of benzene rings is 1. The van der Waals surface area contributed by atoms with Crippen molar-refractivity contribution in [1.82, 2.24) is 5.32 Å². The molecular weight excluding hydrogens is 226 g/mol. The van der Waals surface area contributed by atoms with E-state index in [2.05, 4.69) is 5.32 Å². The summed E-state index contributed by atoms with van der Waals surface area (Å²) < 4.78 is 26.2. The fourth-order valence-electron chi connectivity index (χ4n) is 1.41. The molecule has 0 saturated heterocycles. The highest BCUT2D eigenvalue weighted by Crippen LogP contribution is 2.16. The second kappa shape index (κ2) is 6.18. The lowest BCUT2D eigenvalue weighted by Gasteiger charge is -2.07. The lowest BCUT2D eigenvalue weighted by Crippen LogP contribution is -2.25. The molecule has 0 heterocycles. The summed E-state index contributed by atoms with van der Waals surface area (Å²) in [5.74, 6) is -2.32. The van der Waals surface area contributed by atoms with Crippen LogP contribution in [0.5, 0.6) is 0 Å². The van der Waals surface area contributed by atoms with E-state index in [4.69, 9.17) is 5.73 Å². The van der Waals surface area contributed by atoms with Crippen LogP contribution in [0.1, 0.15) is 36.5 Å². The number of nitrogens with one attached hydrogen (secondary N) is 1. The van der Waals surface area contributed by atoms with Crippen LogP contribution in [0.2, 0.25) is 0 Å². The van der Waals surface area contributed by atoms with Gasteiger partial charge >= 0.3 is 0 Å². The number of carbonyl (C=O) groups is 1. The van der Waals surface area contributed by atoms with E-state index in [0.29, 0.717) is 12.6 Å². The number of halogens is 2. The van der Waals surface area contributed by atoms with E-state index in [1.54, 1.807) is 0 Å². The number of unbranched alkanes of at least 4 members (excludes halogenated alkanes) is 2. The van der Waals surface area contributed by atoms with Gasteiger partial charge in [-0.25, -0.2) is 8.78 Å². The average molecular weight is 242 g/mol. The van der Waals surface area contributed by atoms with Gasteiger partial charge in [0.15, 0.2) is 0 Å². The summed E-state index contributed by atoms with van der Waals surface area (Å²) in [6.45, 7) is 2.52. The van der Waals surface area contributed by atoms with Crippen molar-refractivity contribution >= 4 is 11.6 Å². The van der Waals surface area contributed by atoms with Crippen LogP contribution in [0.4, 0.5) is 14.5 Å². The Morgan fingerprint density at radius 1 is 1.29 bits per heavy atom. The van der Waals surface area contributed by atoms with Crippen molar-refractivity contribution in [3.8, 4) is 0 Å². The van der Waals surface area contributed by atoms with Gasteiger partial charge < -0.3 is 11.1 Å². The van der Waals surface area contributed by atoms with Gasteiger partial charge in [-0.3, -0.25) is 4.79 Å². The zero-order chi connectivity index (χ0) is 12.8. The number of rotatable bonds is 5. The van der Waals surface area contributed by atoms with Gasteiger partial charge in [0.2, 0.25) is 0 Å². The summed E-state index contributed by atoms with van der Waals surface area (Å²) in [5.41, 5.74) is 4.83. The molecule has 0 fully saturated rings. The van der Waals surface area contributed by atoms with Crippen LogP contribution < -0.4 is 11.1 Å². The van der Waals surface area contributed by atoms with Gasteiger partial charge in [-0.2, -0.15) is 0 Å². The Morgan fingerprint density at radius 3 is 2.65 bits per heavy atom. The largest absolute Gasteiger partial charge is 0.396 e. The highest BCUT2D eigenvalue weighted by Gasteiger charge is 2.14. The summed E-state index contributed by atoms with van der Waals surface area (Å²) in [7, 11) is 0. The Balaban J connectivity index is 2.66. The van der Waals surface area contributed by atoms with E-state index in [1.165, 1.54) is 0 Å². The SMILES string of the molecule is CCCCCNC(=O)c1cc(N)c(F)cc1F. The van der Waals surface area contributed by atoms with Gasteiger partial charge in [-0.15, -0.1) is 0 Å². The number of anilines is 1. The zero-order valence-electron chi connectivity index (χ0n) is 9.72. The molecule has 0 aliphatic carbocycles. The Labute approximate surface area is 99.0 Å². The number of hydrogen-bond acceptors (Lipinski definition) is 2. The molecule has 17 heavy (non-hydrogen) atoms. The summed E-state index contributed by atoms with van der Waals surface area (Å²) >= 11 is 0. The predicted molar refractivity (Wildman–Crippen MR) is 62.6 cm³/mol. The van der Waals surface area contributed by atoms with E-state index in [-0.39, 0.29) is 11.3 Å². The summed E-state index contributed by atoms with van der Waals surface area (Å²) in [6, 6.07) is 1.64. The van der Waals surface area contributed by atoms with Crippen LogP contribution >= 0.6 is 0 Å². The van der Waals surface area contributed by atoms with E-state index >= 15 is 0 Å². The monoisotopic (exact) mass is 242 g/mol. The summed E-state index contributed by atoms with van der Waals surface area (Å²) in [4.78, 5) is 11.6. The van der Waals surface area contributed by atoms with Gasteiger partial charge in [0, 0.05) is 12.6 Å². The summed E-state index contributed by atoms with van der Waals surface area (Å²) in [6.07, 6.45) is 2.86. The van der Waals surface area contributed by atoms with Crippen LogP contribution in [0.3, 0.4) is 0 Å². The molecule has 0 atom stereocenters. The molecule has 0 unspecified atom stereocenters. The molecule has 3 N–H and O–H groups in total. The average Bonchev–Trinajstić information content (AvgIpc) is 2.29. The first kappa shape index (κ1) is 13.4. The normalized spacial score (nSPS) is 10.3. The molecule has 0 saturated carbocycles. The second-order valence-corrected chi connectivity index (χ2v) is 3.82. The molecule has 0 aliphatic rings. The lowest BCUT2D eigenvalue weighted by atomic mass is 10.1. The highest BCUT2D eigenvalue weighted by molar-refractivity contribution is 5.95. The first-order chi connectivity index (χ1) is 8.06. The number of nitrogen functional groups attached to an aromatic ring is 1. The number of hydrogen-bond donors (Lipinski definition) is 2. The molecule has 3 nitrogen and oxygen atoms in total. The molecule has 1 amide bonds. The van der Waals surface area contributed by atoms with E-state index in [9.17, 15) is 13.6 Å². The lowest BCUT2D eigenvalue weighted by molar-refractivity contribution is 0.0949. The molecule has 0 aromatic heterocycles. The quantitative estimate of drug-likeness (QED) is 0.615. The maximum absolute atomic E-state index is 13.3. The third-order valence-corrected chi connectivity index (χ3v) is 2.40. The Bertz CT molecular complexity index is 408. The van der Waals surface area contributed by atoms with Crippen LogP contribution in [-0.2, 0) is 0 Å². The molecule has 0 bridgehead atoms. The Hall–Kier alpha value is -1.65. The molecule has 1 aromatic carbocycles. The minimum atomic E-state index is -0.898. The number of nitrogens with two attached hydrogens (primary N) is 1. The van der Waals surface area contributed by atoms with Gasteiger partial charge in [0.25, 0.3) is 5.91 Å². The van der Waals surface area contributed by atoms with E-state index in [1.807, 2.05) is 6.92 Å². The van der Waals surface area contributed by atoms with Crippen LogP contribution in [0.25, 0.3) is 0 Å². The highest BCUT2D eigenvalue weighted by atomic mass is 19.1. The first-order valence-electron chi connectivity index (χ1n) is 5.59. The smallest absolute Gasteiger partial charge is 0.254 e. The topological polar surface area (TPSA) is 55.1 Å².